The first-order chi connectivity index (χ1) is 14.0. The van der Waals surface area contributed by atoms with E-state index in [4.69, 9.17) is 0 Å². The zero-order chi connectivity index (χ0) is 20.6. The molecule has 1 fully saturated rings. The summed E-state index contributed by atoms with van der Waals surface area (Å²) in [5.41, 5.74) is 3.21. The maximum Gasteiger partial charge on any atom is 0.239 e. The molecule has 1 aliphatic rings. The van der Waals surface area contributed by atoms with Crippen molar-refractivity contribution in [2.24, 2.45) is 5.92 Å². The molecule has 0 saturated heterocycles. The van der Waals surface area contributed by atoms with Gasteiger partial charge in [0, 0.05) is 6.42 Å². The molecule has 2 aromatic carbocycles. The van der Waals surface area contributed by atoms with E-state index in [9.17, 15) is 14.0 Å². The molecule has 0 heterocycles. The van der Waals surface area contributed by atoms with Crippen molar-refractivity contribution in [1.29, 1.82) is 0 Å². The number of nitrogens with one attached hydrogen (secondary N) is 2. The van der Waals surface area contributed by atoms with Crippen molar-refractivity contribution in [3.05, 3.63) is 71.0 Å². The molecule has 0 bridgehead atoms. The van der Waals surface area contributed by atoms with Gasteiger partial charge in [-0.25, -0.2) is 4.39 Å². The van der Waals surface area contributed by atoms with E-state index in [1.165, 1.54) is 17.7 Å². The molecule has 5 heteroatoms. The maximum absolute atomic E-state index is 13.3. The highest BCUT2D eigenvalue weighted by molar-refractivity contribution is 5.85. The van der Waals surface area contributed by atoms with E-state index in [1.54, 1.807) is 12.1 Å². The molecular weight excluding hydrogens is 367 g/mol. The Kier molecular flexibility index (Phi) is 7.39. The van der Waals surface area contributed by atoms with Crippen LogP contribution in [0.3, 0.4) is 0 Å². The molecule has 2 amide bonds. The monoisotopic (exact) mass is 396 g/mol. The number of hydrogen-bond donors (Lipinski definition) is 2. The van der Waals surface area contributed by atoms with Crippen molar-refractivity contribution in [1.82, 2.24) is 10.6 Å². The van der Waals surface area contributed by atoms with Crippen molar-refractivity contribution < 1.29 is 14.0 Å². The fraction of sp³-hybridized carbons (Fsp3) is 0.417. The molecule has 1 atom stereocenters. The Balaban J connectivity index is 1.49. The lowest BCUT2D eigenvalue weighted by atomic mass is 9.91. The molecule has 4 nitrogen and oxygen atoms in total. The van der Waals surface area contributed by atoms with Gasteiger partial charge < -0.3 is 10.6 Å². The highest BCUT2D eigenvalue weighted by Crippen LogP contribution is 2.35. The number of rotatable bonds is 8. The Morgan fingerprint density at radius 1 is 1.00 bits per heavy atom. The average Bonchev–Trinajstić information content (AvgIpc) is 3.25. The van der Waals surface area contributed by atoms with Gasteiger partial charge in [-0.2, -0.15) is 0 Å². The molecule has 1 saturated carbocycles. The maximum atomic E-state index is 13.3. The molecule has 154 valence electrons. The van der Waals surface area contributed by atoms with Gasteiger partial charge in [0.15, 0.2) is 0 Å². The van der Waals surface area contributed by atoms with E-state index in [1.807, 2.05) is 31.2 Å². The van der Waals surface area contributed by atoms with Crippen molar-refractivity contribution in [2.75, 3.05) is 6.54 Å². The second-order valence-corrected chi connectivity index (χ2v) is 7.90. The Morgan fingerprint density at radius 3 is 2.31 bits per heavy atom. The largest absolute Gasteiger partial charge is 0.347 e. The van der Waals surface area contributed by atoms with Crippen LogP contribution in [0.15, 0.2) is 48.5 Å². The summed E-state index contributed by atoms with van der Waals surface area (Å²) in [6.07, 6.45) is 5.38. The van der Waals surface area contributed by atoms with Crippen LogP contribution in [0.1, 0.15) is 54.8 Å². The summed E-state index contributed by atoms with van der Waals surface area (Å²) in [5.74, 6) is -0.289. The summed E-state index contributed by atoms with van der Waals surface area (Å²) < 4.78 is 13.3. The van der Waals surface area contributed by atoms with Crippen LogP contribution in [0, 0.1) is 18.7 Å². The van der Waals surface area contributed by atoms with Crippen LogP contribution >= 0.6 is 0 Å². The molecule has 2 N–H and O–H groups in total. The van der Waals surface area contributed by atoms with Crippen molar-refractivity contribution >= 4 is 11.8 Å². The normalized spacial score (nSPS) is 15.1. The fourth-order valence-corrected chi connectivity index (χ4v) is 3.94. The van der Waals surface area contributed by atoms with Gasteiger partial charge in [0.1, 0.15) is 5.82 Å². The number of aryl methyl sites for hydroxylation is 2. The summed E-state index contributed by atoms with van der Waals surface area (Å²) in [7, 11) is 0. The minimum atomic E-state index is -0.286. The van der Waals surface area contributed by atoms with Crippen LogP contribution in [0.25, 0.3) is 0 Å². The van der Waals surface area contributed by atoms with E-state index in [-0.39, 0.29) is 30.2 Å². The lowest BCUT2D eigenvalue weighted by Crippen LogP contribution is -2.40. The topological polar surface area (TPSA) is 58.2 Å². The smallest absolute Gasteiger partial charge is 0.239 e. The standard InChI is InChI=1S/C24H29FN2O2/c1-17-6-8-18(9-7-17)10-15-22(28)26-16-23(29)27-24(19-4-2-3-5-19)20-11-13-21(25)14-12-20/h6-9,11-14,19,24H,2-5,10,15-16H2,1H3,(H,26,28)(H,27,29). The van der Waals surface area contributed by atoms with Crippen LogP contribution in [0.2, 0.25) is 0 Å². The third-order valence-electron chi connectivity index (χ3n) is 5.62. The quantitative estimate of drug-likeness (QED) is 0.702. The molecule has 2 aromatic rings. The Bertz CT molecular complexity index is 812. The molecule has 0 aliphatic heterocycles. The van der Waals surface area contributed by atoms with Gasteiger partial charge in [-0.15, -0.1) is 0 Å². The molecule has 3 rings (SSSR count). The number of amides is 2. The first-order valence-corrected chi connectivity index (χ1v) is 10.4. The van der Waals surface area contributed by atoms with Crippen LogP contribution in [0.5, 0.6) is 0 Å². The Morgan fingerprint density at radius 2 is 1.66 bits per heavy atom. The summed E-state index contributed by atoms with van der Waals surface area (Å²) in [6, 6.07) is 14.3. The zero-order valence-corrected chi connectivity index (χ0v) is 16.9. The second kappa shape index (κ2) is 10.2. The van der Waals surface area contributed by atoms with E-state index in [0.29, 0.717) is 18.8 Å². The highest BCUT2D eigenvalue weighted by Gasteiger charge is 2.27. The van der Waals surface area contributed by atoms with Crippen LogP contribution in [-0.2, 0) is 16.0 Å². The van der Waals surface area contributed by atoms with Gasteiger partial charge in [-0.3, -0.25) is 9.59 Å². The van der Waals surface area contributed by atoms with Gasteiger partial charge in [-0.05, 0) is 55.4 Å². The van der Waals surface area contributed by atoms with Gasteiger partial charge in [0.05, 0.1) is 12.6 Å². The summed E-state index contributed by atoms with van der Waals surface area (Å²) in [4.78, 5) is 24.6. The summed E-state index contributed by atoms with van der Waals surface area (Å²) in [6.45, 7) is 1.98. The van der Waals surface area contributed by atoms with Crippen molar-refractivity contribution in [3.63, 3.8) is 0 Å². The van der Waals surface area contributed by atoms with Gasteiger partial charge in [-0.1, -0.05) is 54.8 Å². The predicted octanol–water partition coefficient (Wildman–Crippen LogP) is 4.23. The highest BCUT2D eigenvalue weighted by atomic mass is 19.1. The molecular formula is C24H29FN2O2. The second-order valence-electron chi connectivity index (χ2n) is 7.90. The molecule has 0 aromatic heterocycles. The molecule has 0 spiro atoms. The SMILES string of the molecule is Cc1ccc(CCC(=O)NCC(=O)NC(c2ccc(F)cc2)C2CCCC2)cc1. The molecule has 1 unspecified atom stereocenters. The van der Waals surface area contributed by atoms with E-state index < -0.39 is 0 Å². The first kappa shape index (κ1) is 21.0. The van der Waals surface area contributed by atoms with Crippen LogP contribution in [-0.4, -0.2) is 18.4 Å². The number of benzene rings is 2. The number of hydrogen-bond acceptors (Lipinski definition) is 2. The Labute approximate surface area is 171 Å². The van der Waals surface area contributed by atoms with Crippen LogP contribution in [0.4, 0.5) is 4.39 Å². The van der Waals surface area contributed by atoms with Crippen molar-refractivity contribution in [2.45, 2.75) is 51.5 Å². The number of carbonyl (C=O) groups excluding carboxylic acids is 2. The average molecular weight is 397 g/mol. The zero-order valence-electron chi connectivity index (χ0n) is 16.9. The van der Waals surface area contributed by atoms with Gasteiger partial charge in [0.25, 0.3) is 0 Å². The third kappa shape index (κ3) is 6.41. The van der Waals surface area contributed by atoms with E-state index in [2.05, 4.69) is 10.6 Å². The molecule has 29 heavy (non-hydrogen) atoms. The minimum absolute atomic E-state index is 0.0445. The molecule has 1 aliphatic carbocycles. The summed E-state index contributed by atoms with van der Waals surface area (Å²) in [5, 5.41) is 5.76. The van der Waals surface area contributed by atoms with E-state index >= 15 is 0 Å². The predicted molar refractivity (Wildman–Crippen MR) is 112 cm³/mol. The third-order valence-corrected chi connectivity index (χ3v) is 5.62. The lowest BCUT2D eigenvalue weighted by molar-refractivity contribution is -0.126. The number of halogens is 1. The number of carbonyl (C=O) groups is 2. The fourth-order valence-electron chi connectivity index (χ4n) is 3.94. The Hall–Kier alpha value is -2.69. The van der Waals surface area contributed by atoms with Crippen molar-refractivity contribution in [3.8, 4) is 0 Å². The van der Waals surface area contributed by atoms with E-state index in [0.717, 1.165) is 36.8 Å². The summed E-state index contributed by atoms with van der Waals surface area (Å²) >= 11 is 0. The first-order valence-electron chi connectivity index (χ1n) is 10.4. The van der Waals surface area contributed by atoms with Gasteiger partial charge >= 0.3 is 0 Å². The van der Waals surface area contributed by atoms with Crippen LogP contribution < -0.4 is 10.6 Å². The van der Waals surface area contributed by atoms with Gasteiger partial charge in [0.2, 0.25) is 11.8 Å². The minimum Gasteiger partial charge on any atom is -0.347 e. The molecule has 0 radical (unpaired) electrons. The lowest BCUT2D eigenvalue weighted by Gasteiger charge is -2.25.